The number of quaternary nitrogens is 1. The molecular formula is C31H59N2O3+. The van der Waals surface area contributed by atoms with Crippen molar-refractivity contribution < 1.29 is 18.8 Å². The van der Waals surface area contributed by atoms with Gasteiger partial charge in [0.25, 0.3) is 0 Å². The number of nitrogens with zero attached hydrogens (tertiary/aromatic N) is 2. The van der Waals surface area contributed by atoms with Crippen LogP contribution in [0, 0.1) is 0 Å². The Labute approximate surface area is 223 Å². The molecule has 36 heavy (non-hydrogen) atoms. The van der Waals surface area contributed by atoms with Gasteiger partial charge in [0.1, 0.15) is 6.54 Å². The Morgan fingerprint density at radius 1 is 0.806 bits per heavy atom. The molecule has 5 nitrogen and oxygen atoms in total. The van der Waals surface area contributed by atoms with Crippen molar-refractivity contribution in [3.8, 4) is 0 Å². The molecule has 0 saturated carbocycles. The third kappa shape index (κ3) is 14.0. The predicted octanol–water partition coefficient (Wildman–Crippen LogP) is 7.41. The first-order chi connectivity index (χ1) is 17.5. The van der Waals surface area contributed by atoms with Gasteiger partial charge in [0.05, 0.1) is 26.7 Å². The Balaban J connectivity index is 1.52. The lowest BCUT2D eigenvalue weighted by Gasteiger charge is -2.40. The fourth-order valence-corrected chi connectivity index (χ4v) is 6.11. The lowest BCUT2D eigenvalue weighted by atomic mass is 10.0. The third-order valence-electron chi connectivity index (χ3n) is 8.42. The smallest absolute Gasteiger partial charge is 0.306 e. The zero-order valence-corrected chi connectivity index (χ0v) is 24.1. The van der Waals surface area contributed by atoms with Gasteiger partial charge < -0.3 is 14.1 Å². The summed E-state index contributed by atoms with van der Waals surface area (Å²) in [6, 6.07) is 0. The van der Waals surface area contributed by atoms with Gasteiger partial charge >= 0.3 is 5.97 Å². The molecule has 2 aliphatic heterocycles. The van der Waals surface area contributed by atoms with Crippen molar-refractivity contribution in [3.05, 3.63) is 0 Å². The fraction of sp³-hybridized carbons (Fsp3) is 0.935. The van der Waals surface area contributed by atoms with E-state index < -0.39 is 0 Å². The van der Waals surface area contributed by atoms with Crippen molar-refractivity contribution >= 4 is 11.9 Å². The van der Waals surface area contributed by atoms with Crippen LogP contribution in [-0.4, -0.2) is 67.1 Å². The second-order valence-electron chi connectivity index (χ2n) is 12.1. The number of likely N-dealkylation sites (tertiary alicyclic amines) is 2. The van der Waals surface area contributed by atoms with E-state index in [4.69, 9.17) is 4.74 Å². The minimum absolute atomic E-state index is 0.0649. The molecular weight excluding hydrogens is 448 g/mol. The fourth-order valence-electron chi connectivity index (χ4n) is 6.11. The molecule has 0 bridgehead atoms. The number of ether oxygens (including phenoxy) is 1. The van der Waals surface area contributed by atoms with Crippen molar-refractivity contribution in [2.24, 2.45) is 0 Å². The summed E-state index contributed by atoms with van der Waals surface area (Å²) in [5, 5.41) is 0. The first-order valence-corrected chi connectivity index (χ1v) is 15.8. The number of hydrogen-bond acceptors (Lipinski definition) is 3. The summed E-state index contributed by atoms with van der Waals surface area (Å²) < 4.78 is 6.97. The molecule has 0 spiro atoms. The maximum absolute atomic E-state index is 12.7. The molecule has 210 valence electrons. The summed E-state index contributed by atoms with van der Waals surface area (Å²) in [5.74, 6) is 0.157. The molecule has 2 saturated heterocycles. The molecule has 0 aromatic carbocycles. The minimum Gasteiger partial charge on any atom is -0.454 e. The highest BCUT2D eigenvalue weighted by Crippen LogP contribution is 2.20. The number of carbonyl (C=O) groups excluding carboxylic acids is 2. The van der Waals surface area contributed by atoms with Gasteiger partial charge in [0.2, 0.25) is 5.91 Å². The number of unbranched alkanes of at least 4 members (excludes halogenated alkanes) is 14. The van der Waals surface area contributed by atoms with Crippen LogP contribution in [0.15, 0.2) is 0 Å². The van der Waals surface area contributed by atoms with Crippen molar-refractivity contribution in [3.63, 3.8) is 0 Å². The predicted molar refractivity (Wildman–Crippen MR) is 150 cm³/mol. The molecule has 2 heterocycles. The largest absolute Gasteiger partial charge is 0.454 e. The monoisotopic (exact) mass is 507 g/mol. The van der Waals surface area contributed by atoms with Gasteiger partial charge in [0.15, 0.2) is 6.10 Å². The van der Waals surface area contributed by atoms with Crippen LogP contribution in [-0.2, 0) is 14.3 Å². The molecule has 0 unspecified atom stereocenters. The Morgan fingerprint density at radius 2 is 1.33 bits per heavy atom. The van der Waals surface area contributed by atoms with Crippen molar-refractivity contribution in [1.29, 1.82) is 0 Å². The highest BCUT2D eigenvalue weighted by molar-refractivity contribution is 5.78. The summed E-state index contributed by atoms with van der Waals surface area (Å²) in [6.45, 7) is 6.83. The Bertz CT molecular complexity index is 588. The summed E-state index contributed by atoms with van der Waals surface area (Å²) in [7, 11) is 2.29. The lowest BCUT2D eigenvalue weighted by molar-refractivity contribution is -0.916. The second-order valence-corrected chi connectivity index (χ2v) is 12.1. The number of likely N-dealkylation sites (N-methyl/N-ethyl adjacent to an activating group) is 1. The van der Waals surface area contributed by atoms with Crippen LogP contribution in [0.5, 0.6) is 0 Å². The van der Waals surface area contributed by atoms with Crippen molar-refractivity contribution in [1.82, 2.24) is 4.90 Å². The van der Waals surface area contributed by atoms with Gasteiger partial charge in [-0.2, -0.15) is 0 Å². The normalized spacial score (nSPS) is 18.5. The number of piperidine rings is 1. The highest BCUT2D eigenvalue weighted by atomic mass is 16.5. The first-order valence-electron chi connectivity index (χ1n) is 15.8. The highest BCUT2D eigenvalue weighted by Gasteiger charge is 2.33. The van der Waals surface area contributed by atoms with E-state index in [0.717, 1.165) is 49.9 Å². The van der Waals surface area contributed by atoms with Gasteiger partial charge in [-0.25, -0.2) is 0 Å². The Hall–Kier alpha value is -1.10. The summed E-state index contributed by atoms with van der Waals surface area (Å²) >= 11 is 0. The van der Waals surface area contributed by atoms with E-state index in [1.54, 1.807) is 0 Å². The molecule has 0 aromatic heterocycles. The summed E-state index contributed by atoms with van der Waals surface area (Å²) in [6.07, 6.45) is 25.7. The van der Waals surface area contributed by atoms with Gasteiger partial charge in [-0.3, -0.25) is 9.59 Å². The summed E-state index contributed by atoms with van der Waals surface area (Å²) in [5.41, 5.74) is 0. The van der Waals surface area contributed by atoms with E-state index in [-0.39, 0.29) is 18.0 Å². The molecule has 0 aliphatic carbocycles. The van der Waals surface area contributed by atoms with Crippen LogP contribution in [0.3, 0.4) is 0 Å². The molecule has 0 N–H and O–H groups in total. The van der Waals surface area contributed by atoms with E-state index in [1.807, 2.05) is 4.90 Å². The van der Waals surface area contributed by atoms with Gasteiger partial charge in [-0.1, -0.05) is 96.8 Å². The molecule has 2 aliphatic rings. The number of esters is 1. The molecule has 1 amide bonds. The second kappa shape index (κ2) is 19.0. The van der Waals surface area contributed by atoms with Gasteiger partial charge in [-0.15, -0.1) is 0 Å². The Kier molecular flexibility index (Phi) is 16.5. The first kappa shape index (κ1) is 31.1. The average molecular weight is 508 g/mol. The van der Waals surface area contributed by atoms with E-state index in [9.17, 15) is 9.59 Å². The van der Waals surface area contributed by atoms with E-state index >= 15 is 0 Å². The van der Waals surface area contributed by atoms with Crippen LogP contribution >= 0.6 is 0 Å². The molecule has 1 atom stereocenters. The van der Waals surface area contributed by atoms with Crippen molar-refractivity contribution in [2.75, 3.05) is 39.8 Å². The molecule has 0 aromatic rings. The lowest BCUT2D eigenvalue weighted by Crippen LogP contribution is -2.54. The van der Waals surface area contributed by atoms with Crippen LogP contribution in [0.4, 0.5) is 0 Å². The van der Waals surface area contributed by atoms with Crippen molar-refractivity contribution in [2.45, 2.75) is 148 Å². The van der Waals surface area contributed by atoms with Crippen LogP contribution in [0.2, 0.25) is 0 Å². The average Bonchev–Trinajstić information content (AvgIpc) is 3.25. The topological polar surface area (TPSA) is 46.6 Å². The minimum atomic E-state index is -0.168. The number of carbonyl (C=O) groups is 2. The van der Waals surface area contributed by atoms with Crippen LogP contribution in [0.25, 0.3) is 0 Å². The van der Waals surface area contributed by atoms with Gasteiger partial charge in [-0.05, 0) is 32.1 Å². The number of rotatable bonds is 21. The quantitative estimate of drug-likeness (QED) is 0.0923. The van der Waals surface area contributed by atoms with E-state index in [0.29, 0.717) is 19.4 Å². The van der Waals surface area contributed by atoms with Crippen LogP contribution in [0.1, 0.15) is 142 Å². The maximum Gasteiger partial charge on any atom is 0.306 e. The molecule has 2 fully saturated rings. The van der Waals surface area contributed by atoms with E-state index in [1.165, 1.54) is 103 Å². The SMILES string of the molecule is CCCCCCCCCCCCCCCCCC(=O)O[C@@H](CN1CCCC1=O)C[N+]1(C)CCCCC1. The zero-order chi connectivity index (χ0) is 25.9. The van der Waals surface area contributed by atoms with E-state index in [2.05, 4.69) is 14.0 Å². The number of hydrogen-bond donors (Lipinski definition) is 0. The Morgan fingerprint density at radius 3 is 1.83 bits per heavy atom. The maximum atomic E-state index is 12.7. The van der Waals surface area contributed by atoms with Crippen LogP contribution < -0.4 is 0 Å². The molecule has 2 rings (SSSR count). The zero-order valence-electron chi connectivity index (χ0n) is 24.1. The molecule has 0 radical (unpaired) electrons. The van der Waals surface area contributed by atoms with Gasteiger partial charge in [0, 0.05) is 19.4 Å². The molecule has 5 heteroatoms. The third-order valence-corrected chi connectivity index (χ3v) is 8.42. The summed E-state index contributed by atoms with van der Waals surface area (Å²) in [4.78, 5) is 26.8. The standard InChI is InChI=1S/C31H59N2O3/c1-3-4-5-6-7-8-9-10-11-12-13-14-15-16-18-23-31(35)36-29(27-32-24-21-22-30(32)34)28-33(2)25-19-17-20-26-33/h29H,3-28H2,1-2H3/q+1/t29-/m0/s1. The number of amides is 1.